The number of nitrogens with one attached hydrogen (secondary N) is 1. The van der Waals surface area contributed by atoms with Crippen LogP contribution in [0.5, 0.6) is 0 Å². The molecule has 5 heteroatoms. The second-order valence-electron chi connectivity index (χ2n) is 6.50. The van der Waals surface area contributed by atoms with E-state index in [9.17, 15) is 4.79 Å². The first-order chi connectivity index (χ1) is 10.7. The Labute approximate surface area is 129 Å². The topological polar surface area (TPSA) is 58.2 Å². The van der Waals surface area contributed by atoms with Crippen LogP contribution in [0.1, 0.15) is 35.2 Å². The van der Waals surface area contributed by atoms with E-state index in [0.717, 1.165) is 22.0 Å². The lowest BCUT2D eigenvalue weighted by atomic mass is 9.80. The van der Waals surface area contributed by atoms with E-state index in [4.69, 9.17) is 4.74 Å². The van der Waals surface area contributed by atoms with Crippen molar-refractivity contribution >= 4 is 16.8 Å². The summed E-state index contributed by atoms with van der Waals surface area (Å²) in [6, 6.07) is 4.00. The van der Waals surface area contributed by atoms with Crippen molar-refractivity contribution in [3.8, 4) is 0 Å². The van der Waals surface area contributed by atoms with E-state index < -0.39 is 0 Å². The van der Waals surface area contributed by atoms with Crippen LogP contribution in [0.25, 0.3) is 10.9 Å². The van der Waals surface area contributed by atoms with Crippen molar-refractivity contribution in [1.82, 2.24) is 15.1 Å². The summed E-state index contributed by atoms with van der Waals surface area (Å²) >= 11 is 0. The first-order valence-corrected chi connectivity index (χ1v) is 8.07. The van der Waals surface area contributed by atoms with Gasteiger partial charge in [0.2, 0.25) is 0 Å². The molecule has 1 amide bonds. The molecular formula is C17H21N3O2. The van der Waals surface area contributed by atoms with E-state index >= 15 is 0 Å². The number of hydrogen-bond donors (Lipinski definition) is 1. The van der Waals surface area contributed by atoms with Crippen molar-refractivity contribution in [3.05, 3.63) is 29.5 Å². The summed E-state index contributed by atoms with van der Waals surface area (Å²) in [7, 11) is 0. The van der Waals surface area contributed by atoms with Gasteiger partial charge in [0.25, 0.3) is 5.91 Å². The molecule has 0 spiro atoms. The standard InChI is InChI=1S/C17H21N3O2/c1-11-7-13-9-18-19-16(13)14(8-11)17(21)20-5-6-22-15(10-20)12-3-2-4-12/h7-9,12,15H,2-6,10H2,1H3,(H,18,19). The molecule has 1 aromatic heterocycles. The number of H-pyrrole nitrogens is 1. The molecule has 2 heterocycles. The Morgan fingerprint density at radius 2 is 2.27 bits per heavy atom. The lowest BCUT2D eigenvalue weighted by Crippen LogP contribution is -2.49. The summed E-state index contributed by atoms with van der Waals surface area (Å²) in [5, 5.41) is 8.03. The molecule has 2 aliphatic rings. The molecule has 4 rings (SSSR count). The Bertz CT molecular complexity index is 705. The Balaban J connectivity index is 1.60. The summed E-state index contributed by atoms with van der Waals surface area (Å²) in [5.74, 6) is 0.728. The predicted molar refractivity (Wildman–Crippen MR) is 83.8 cm³/mol. The smallest absolute Gasteiger partial charge is 0.256 e. The fourth-order valence-electron chi connectivity index (χ4n) is 3.50. The third-order valence-corrected chi connectivity index (χ3v) is 4.98. The molecule has 1 aliphatic carbocycles. The van der Waals surface area contributed by atoms with Crippen LogP contribution in [-0.4, -0.2) is 46.8 Å². The van der Waals surface area contributed by atoms with Crippen molar-refractivity contribution in [3.63, 3.8) is 0 Å². The molecule has 2 fully saturated rings. The van der Waals surface area contributed by atoms with Crippen molar-refractivity contribution in [1.29, 1.82) is 0 Å². The number of morpholine rings is 1. The summed E-state index contributed by atoms with van der Waals surface area (Å²) < 4.78 is 5.88. The molecule has 2 aromatic rings. The van der Waals surface area contributed by atoms with Gasteiger partial charge >= 0.3 is 0 Å². The first kappa shape index (κ1) is 13.8. The van der Waals surface area contributed by atoms with Gasteiger partial charge in [0.1, 0.15) is 0 Å². The third kappa shape index (κ3) is 2.29. The van der Waals surface area contributed by atoms with Crippen LogP contribution in [0.15, 0.2) is 18.3 Å². The van der Waals surface area contributed by atoms with Crippen LogP contribution in [0, 0.1) is 12.8 Å². The normalized spacial score (nSPS) is 22.8. The molecule has 1 aliphatic heterocycles. The van der Waals surface area contributed by atoms with Crippen LogP contribution in [0.4, 0.5) is 0 Å². The zero-order valence-electron chi connectivity index (χ0n) is 12.8. The highest BCUT2D eigenvalue weighted by atomic mass is 16.5. The number of benzene rings is 1. The van der Waals surface area contributed by atoms with Crippen molar-refractivity contribution < 1.29 is 9.53 Å². The first-order valence-electron chi connectivity index (χ1n) is 8.07. The molecule has 22 heavy (non-hydrogen) atoms. The van der Waals surface area contributed by atoms with E-state index in [1.807, 2.05) is 24.0 Å². The summed E-state index contributed by atoms with van der Waals surface area (Å²) in [6.07, 6.45) is 5.76. The van der Waals surface area contributed by atoms with E-state index in [1.165, 1.54) is 19.3 Å². The molecule has 1 atom stereocenters. The van der Waals surface area contributed by atoms with Crippen molar-refractivity contribution in [2.75, 3.05) is 19.7 Å². The molecule has 0 radical (unpaired) electrons. The molecule has 1 saturated carbocycles. The summed E-state index contributed by atoms with van der Waals surface area (Å²) in [5.41, 5.74) is 2.64. The number of carbonyl (C=O) groups is 1. The van der Waals surface area contributed by atoms with Gasteiger partial charge in [0.05, 0.1) is 30.0 Å². The van der Waals surface area contributed by atoms with Gasteiger partial charge in [-0.1, -0.05) is 6.42 Å². The molecule has 1 N–H and O–H groups in total. The monoisotopic (exact) mass is 299 g/mol. The van der Waals surface area contributed by atoms with Gasteiger partial charge in [-0.3, -0.25) is 9.89 Å². The van der Waals surface area contributed by atoms with Crippen LogP contribution in [0.2, 0.25) is 0 Å². The Kier molecular flexibility index (Phi) is 3.37. The Hall–Kier alpha value is -1.88. The Morgan fingerprint density at radius 3 is 3.05 bits per heavy atom. The molecule has 0 bridgehead atoms. The molecular weight excluding hydrogens is 278 g/mol. The van der Waals surface area contributed by atoms with Crippen molar-refractivity contribution in [2.45, 2.75) is 32.3 Å². The quantitative estimate of drug-likeness (QED) is 0.927. The van der Waals surface area contributed by atoms with E-state index in [1.54, 1.807) is 6.20 Å². The number of ether oxygens (including phenoxy) is 1. The molecule has 1 saturated heterocycles. The summed E-state index contributed by atoms with van der Waals surface area (Å²) in [6.45, 7) is 4.04. The van der Waals surface area contributed by atoms with Gasteiger partial charge in [-0.15, -0.1) is 0 Å². The number of rotatable bonds is 2. The predicted octanol–water partition coefficient (Wildman–Crippen LogP) is 2.51. The average molecular weight is 299 g/mol. The second kappa shape index (κ2) is 5.39. The Morgan fingerprint density at radius 1 is 1.41 bits per heavy atom. The van der Waals surface area contributed by atoms with Crippen molar-refractivity contribution in [2.24, 2.45) is 5.92 Å². The minimum Gasteiger partial charge on any atom is -0.374 e. The van der Waals surface area contributed by atoms with Gasteiger partial charge in [-0.25, -0.2) is 0 Å². The second-order valence-corrected chi connectivity index (χ2v) is 6.50. The number of nitrogens with zero attached hydrogens (tertiary/aromatic N) is 2. The molecule has 1 aromatic carbocycles. The zero-order valence-corrected chi connectivity index (χ0v) is 12.8. The van der Waals surface area contributed by atoms with E-state index in [2.05, 4.69) is 10.2 Å². The van der Waals surface area contributed by atoms with Crippen LogP contribution < -0.4 is 0 Å². The van der Waals surface area contributed by atoms with Crippen LogP contribution in [0.3, 0.4) is 0 Å². The highest BCUT2D eigenvalue weighted by Crippen LogP contribution is 2.33. The largest absolute Gasteiger partial charge is 0.374 e. The number of hydrogen-bond acceptors (Lipinski definition) is 3. The van der Waals surface area contributed by atoms with Gasteiger partial charge < -0.3 is 9.64 Å². The van der Waals surface area contributed by atoms with Crippen LogP contribution >= 0.6 is 0 Å². The highest BCUT2D eigenvalue weighted by Gasteiger charge is 2.34. The van der Waals surface area contributed by atoms with E-state index in [0.29, 0.717) is 25.6 Å². The number of aryl methyl sites for hydroxylation is 1. The fourth-order valence-corrected chi connectivity index (χ4v) is 3.50. The molecule has 1 unspecified atom stereocenters. The maximum Gasteiger partial charge on any atom is 0.256 e. The maximum absolute atomic E-state index is 13.0. The van der Waals surface area contributed by atoms with Gasteiger partial charge in [0, 0.05) is 18.5 Å². The molecule has 5 nitrogen and oxygen atoms in total. The SMILES string of the molecule is Cc1cc(C(=O)N2CCOC(C3CCC3)C2)c2[nH]ncc2c1. The number of aromatic amines is 1. The number of amides is 1. The summed E-state index contributed by atoms with van der Waals surface area (Å²) in [4.78, 5) is 14.9. The van der Waals surface area contributed by atoms with Gasteiger partial charge in [-0.05, 0) is 43.4 Å². The zero-order chi connectivity index (χ0) is 15.1. The lowest BCUT2D eigenvalue weighted by molar-refractivity contribution is -0.0659. The average Bonchev–Trinajstić information content (AvgIpc) is 2.92. The number of fused-ring (bicyclic) bond motifs is 1. The third-order valence-electron chi connectivity index (χ3n) is 4.98. The number of aromatic nitrogens is 2. The minimum absolute atomic E-state index is 0.0885. The fraction of sp³-hybridized carbons (Fsp3) is 0.529. The highest BCUT2D eigenvalue weighted by molar-refractivity contribution is 6.05. The lowest BCUT2D eigenvalue weighted by Gasteiger charge is -2.40. The minimum atomic E-state index is 0.0885. The maximum atomic E-state index is 13.0. The van der Waals surface area contributed by atoms with Crippen LogP contribution in [-0.2, 0) is 4.74 Å². The number of carbonyl (C=O) groups excluding carboxylic acids is 1. The van der Waals surface area contributed by atoms with E-state index in [-0.39, 0.29) is 12.0 Å². The van der Waals surface area contributed by atoms with Gasteiger partial charge in [0.15, 0.2) is 0 Å². The molecule has 116 valence electrons. The van der Waals surface area contributed by atoms with Gasteiger partial charge in [-0.2, -0.15) is 5.10 Å².